The summed E-state index contributed by atoms with van der Waals surface area (Å²) in [5.41, 5.74) is 1.78. The number of aromatic nitrogens is 2. The fourth-order valence-electron chi connectivity index (χ4n) is 2.36. The molecule has 2 heterocycles. The maximum atomic E-state index is 13.7. The molecule has 2 N–H and O–H groups in total. The minimum absolute atomic E-state index is 0.0166. The van der Waals surface area contributed by atoms with Crippen molar-refractivity contribution in [2.45, 2.75) is 6.92 Å². The normalized spacial score (nSPS) is 10.7. The lowest BCUT2D eigenvalue weighted by molar-refractivity contribution is 0.630. The average molecular weight is 267 g/mol. The smallest absolute Gasteiger partial charge is 0.266 e. The zero-order chi connectivity index (χ0) is 14.3. The molecule has 0 aliphatic rings. The number of pyridine rings is 1. The SMILES string of the molecule is Cc1cc(-c2cc(F)cc3cc[nH]c23)c(C#N)c(=O)[nH]1. The minimum atomic E-state index is -0.466. The van der Waals surface area contributed by atoms with Crippen molar-refractivity contribution in [2.24, 2.45) is 0 Å². The second-order valence-electron chi connectivity index (χ2n) is 4.58. The molecule has 3 aromatic rings. The van der Waals surface area contributed by atoms with Crippen LogP contribution in [0.25, 0.3) is 22.0 Å². The topological polar surface area (TPSA) is 72.4 Å². The first-order valence-corrected chi connectivity index (χ1v) is 6.01. The van der Waals surface area contributed by atoms with E-state index in [2.05, 4.69) is 9.97 Å². The first-order chi connectivity index (χ1) is 9.60. The van der Waals surface area contributed by atoms with Gasteiger partial charge in [0.2, 0.25) is 0 Å². The number of fused-ring (bicyclic) bond motifs is 1. The highest BCUT2D eigenvalue weighted by molar-refractivity contribution is 5.95. The van der Waals surface area contributed by atoms with Crippen LogP contribution < -0.4 is 5.56 Å². The molecule has 0 saturated carbocycles. The van der Waals surface area contributed by atoms with E-state index in [-0.39, 0.29) is 5.56 Å². The number of halogens is 1. The number of nitrogens with zero attached hydrogens (tertiary/aromatic N) is 1. The average Bonchev–Trinajstić information content (AvgIpc) is 2.84. The Balaban J connectivity index is 2.45. The van der Waals surface area contributed by atoms with Gasteiger partial charge in [-0.05, 0) is 31.2 Å². The second kappa shape index (κ2) is 4.35. The van der Waals surface area contributed by atoms with E-state index in [9.17, 15) is 9.18 Å². The maximum absolute atomic E-state index is 13.7. The van der Waals surface area contributed by atoms with Crippen LogP contribution in [0, 0.1) is 24.1 Å². The van der Waals surface area contributed by atoms with E-state index in [0.29, 0.717) is 27.7 Å². The number of hydrogen-bond acceptors (Lipinski definition) is 2. The lowest BCUT2D eigenvalue weighted by Gasteiger charge is -2.07. The number of H-pyrrole nitrogens is 2. The van der Waals surface area contributed by atoms with E-state index >= 15 is 0 Å². The summed E-state index contributed by atoms with van der Waals surface area (Å²) < 4.78 is 13.7. The Bertz CT molecular complexity index is 915. The largest absolute Gasteiger partial charge is 0.361 e. The zero-order valence-corrected chi connectivity index (χ0v) is 10.6. The summed E-state index contributed by atoms with van der Waals surface area (Å²) in [7, 11) is 0. The molecule has 0 spiro atoms. The molecule has 1 aromatic carbocycles. The van der Waals surface area contributed by atoms with Crippen LogP contribution in [0.3, 0.4) is 0 Å². The Hall–Kier alpha value is -2.87. The van der Waals surface area contributed by atoms with Gasteiger partial charge in [0.1, 0.15) is 17.4 Å². The third kappa shape index (κ3) is 1.79. The van der Waals surface area contributed by atoms with Gasteiger partial charge in [-0.2, -0.15) is 5.26 Å². The van der Waals surface area contributed by atoms with E-state index in [1.165, 1.54) is 12.1 Å². The number of benzene rings is 1. The van der Waals surface area contributed by atoms with E-state index in [1.807, 2.05) is 6.07 Å². The van der Waals surface area contributed by atoms with Gasteiger partial charge in [0.15, 0.2) is 0 Å². The Morgan fingerprint density at radius 3 is 2.80 bits per heavy atom. The third-order valence-electron chi connectivity index (χ3n) is 3.19. The predicted octanol–water partition coefficient (Wildman–Crippen LogP) is 2.84. The van der Waals surface area contributed by atoms with Crippen molar-refractivity contribution in [1.82, 2.24) is 9.97 Å². The van der Waals surface area contributed by atoms with Gasteiger partial charge in [-0.15, -0.1) is 0 Å². The summed E-state index contributed by atoms with van der Waals surface area (Å²) in [4.78, 5) is 17.4. The highest BCUT2D eigenvalue weighted by Crippen LogP contribution is 2.30. The monoisotopic (exact) mass is 267 g/mol. The number of nitrogens with one attached hydrogen (secondary N) is 2. The lowest BCUT2D eigenvalue weighted by Crippen LogP contribution is -2.12. The van der Waals surface area contributed by atoms with Crippen LogP contribution in [-0.4, -0.2) is 9.97 Å². The number of rotatable bonds is 1. The number of nitriles is 1. The zero-order valence-electron chi connectivity index (χ0n) is 10.6. The Morgan fingerprint density at radius 1 is 1.25 bits per heavy atom. The molecule has 0 amide bonds. The molecule has 5 heteroatoms. The fourth-order valence-corrected chi connectivity index (χ4v) is 2.36. The van der Waals surface area contributed by atoms with Gasteiger partial charge >= 0.3 is 0 Å². The van der Waals surface area contributed by atoms with Crippen LogP contribution in [0.1, 0.15) is 11.3 Å². The van der Waals surface area contributed by atoms with Gasteiger partial charge in [0, 0.05) is 28.4 Å². The second-order valence-corrected chi connectivity index (χ2v) is 4.58. The molecule has 0 fully saturated rings. The molecule has 0 aliphatic heterocycles. The van der Waals surface area contributed by atoms with Gasteiger partial charge < -0.3 is 9.97 Å². The summed E-state index contributed by atoms with van der Waals surface area (Å²) in [5, 5.41) is 9.87. The van der Waals surface area contributed by atoms with Crippen LogP contribution in [0.15, 0.2) is 35.3 Å². The molecule has 20 heavy (non-hydrogen) atoms. The first kappa shape index (κ1) is 12.2. The Morgan fingerprint density at radius 2 is 2.05 bits per heavy atom. The maximum Gasteiger partial charge on any atom is 0.266 e. The van der Waals surface area contributed by atoms with Crippen molar-refractivity contribution in [3.63, 3.8) is 0 Å². The molecule has 0 unspecified atom stereocenters. The van der Waals surface area contributed by atoms with E-state index in [4.69, 9.17) is 5.26 Å². The highest BCUT2D eigenvalue weighted by Gasteiger charge is 2.14. The number of hydrogen-bond donors (Lipinski definition) is 2. The van der Waals surface area contributed by atoms with Gasteiger partial charge in [-0.25, -0.2) is 4.39 Å². The van der Waals surface area contributed by atoms with Crippen molar-refractivity contribution in [2.75, 3.05) is 0 Å². The van der Waals surface area contributed by atoms with E-state index < -0.39 is 11.4 Å². The molecule has 4 nitrogen and oxygen atoms in total. The molecule has 0 saturated heterocycles. The molecule has 3 rings (SSSR count). The van der Waals surface area contributed by atoms with Gasteiger partial charge in [-0.3, -0.25) is 4.79 Å². The van der Waals surface area contributed by atoms with Gasteiger partial charge in [0.05, 0.1) is 5.52 Å². The molecule has 2 aromatic heterocycles. The number of aromatic amines is 2. The minimum Gasteiger partial charge on any atom is -0.361 e. The molecular weight excluding hydrogens is 257 g/mol. The van der Waals surface area contributed by atoms with Crippen molar-refractivity contribution >= 4 is 10.9 Å². The predicted molar refractivity (Wildman–Crippen MR) is 73.8 cm³/mol. The lowest BCUT2D eigenvalue weighted by atomic mass is 9.99. The molecule has 0 radical (unpaired) electrons. The van der Waals surface area contributed by atoms with Crippen LogP contribution in [0.2, 0.25) is 0 Å². The Kier molecular flexibility index (Phi) is 2.65. The van der Waals surface area contributed by atoms with Crippen molar-refractivity contribution in [3.05, 3.63) is 57.9 Å². The highest BCUT2D eigenvalue weighted by atomic mass is 19.1. The fraction of sp³-hybridized carbons (Fsp3) is 0.0667. The van der Waals surface area contributed by atoms with E-state index in [1.54, 1.807) is 25.3 Å². The standard InChI is InChI=1S/C15H10FN3O/c1-8-4-11(13(7-17)15(20)19-8)12-6-10(16)5-9-2-3-18-14(9)12/h2-6,18H,1H3,(H,19,20). The van der Waals surface area contributed by atoms with Crippen molar-refractivity contribution in [3.8, 4) is 17.2 Å². The summed E-state index contributed by atoms with van der Waals surface area (Å²) in [6.45, 7) is 1.72. The van der Waals surface area contributed by atoms with Crippen molar-refractivity contribution < 1.29 is 4.39 Å². The Labute approximate surface area is 113 Å². The van der Waals surface area contributed by atoms with Crippen LogP contribution >= 0.6 is 0 Å². The van der Waals surface area contributed by atoms with Gasteiger partial charge in [0.25, 0.3) is 5.56 Å². The summed E-state index contributed by atoms with van der Waals surface area (Å²) in [6.07, 6.45) is 1.69. The van der Waals surface area contributed by atoms with Crippen LogP contribution in [0.4, 0.5) is 4.39 Å². The van der Waals surface area contributed by atoms with Crippen molar-refractivity contribution in [1.29, 1.82) is 5.26 Å². The summed E-state index contributed by atoms with van der Waals surface area (Å²) >= 11 is 0. The molecule has 0 aliphatic carbocycles. The molecule has 0 bridgehead atoms. The third-order valence-corrected chi connectivity index (χ3v) is 3.19. The van der Waals surface area contributed by atoms with Gasteiger partial charge in [-0.1, -0.05) is 0 Å². The summed E-state index contributed by atoms with van der Waals surface area (Å²) in [6, 6.07) is 8.04. The first-order valence-electron chi connectivity index (χ1n) is 6.01. The summed E-state index contributed by atoms with van der Waals surface area (Å²) in [5.74, 6) is -0.408. The van der Waals surface area contributed by atoms with Crippen LogP contribution in [-0.2, 0) is 0 Å². The molecular formula is C15H10FN3O. The molecule has 0 atom stereocenters. The number of aryl methyl sites for hydroxylation is 1. The molecule has 98 valence electrons. The van der Waals surface area contributed by atoms with Crippen LogP contribution in [0.5, 0.6) is 0 Å². The van der Waals surface area contributed by atoms with E-state index in [0.717, 1.165) is 0 Å². The quantitative estimate of drug-likeness (QED) is 0.711.